The molecule has 12 heavy (non-hydrogen) atoms. The third kappa shape index (κ3) is 1.26. The van der Waals surface area contributed by atoms with Crippen LogP contribution in [0.5, 0.6) is 0 Å². The van der Waals surface area contributed by atoms with Crippen LogP contribution >= 0.6 is 0 Å². The van der Waals surface area contributed by atoms with E-state index in [-0.39, 0.29) is 0 Å². The second-order valence-corrected chi connectivity index (χ2v) is 4.03. The van der Waals surface area contributed by atoms with Crippen molar-refractivity contribution in [1.29, 1.82) is 0 Å². The maximum Gasteiger partial charge on any atom is 0.0624 e. The van der Waals surface area contributed by atoms with Crippen LogP contribution in [0.1, 0.15) is 6.42 Å². The molecule has 2 aliphatic rings. The zero-order valence-electron chi connectivity index (χ0n) is 7.70. The minimum absolute atomic E-state index is 0.646. The van der Waals surface area contributed by atoms with Gasteiger partial charge in [-0.25, -0.2) is 0 Å². The van der Waals surface area contributed by atoms with E-state index in [1.807, 2.05) is 0 Å². The van der Waals surface area contributed by atoms with Crippen LogP contribution in [-0.4, -0.2) is 44.3 Å². The van der Waals surface area contributed by atoms with E-state index in [9.17, 15) is 0 Å². The highest BCUT2D eigenvalue weighted by Crippen LogP contribution is 2.33. The standard InChI is InChI=1S/C9H18N2O/c1-11-5-7(4-10)8-2-3-12-6-9(8)11/h7-9H,2-6,10H2,1H3. The zero-order chi connectivity index (χ0) is 8.55. The van der Waals surface area contributed by atoms with Gasteiger partial charge >= 0.3 is 0 Å². The van der Waals surface area contributed by atoms with Crippen LogP contribution in [0.3, 0.4) is 0 Å². The molecule has 0 saturated carbocycles. The molecule has 0 aromatic carbocycles. The fourth-order valence-electron chi connectivity index (χ4n) is 2.63. The number of hydrogen-bond donors (Lipinski definition) is 1. The van der Waals surface area contributed by atoms with Gasteiger partial charge in [0.25, 0.3) is 0 Å². The summed E-state index contributed by atoms with van der Waals surface area (Å²) < 4.78 is 5.46. The number of nitrogens with zero attached hydrogens (tertiary/aromatic N) is 1. The van der Waals surface area contributed by atoms with Gasteiger partial charge in [0.2, 0.25) is 0 Å². The summed E-state index contributed by atoms with van der Waals surface area (Å²) in [6.07, 6.45) is 1.21. The van der Waals surface area contributed by atoms with Crippen molar-refractivity contribution < 1.29 is 4.74 Å². The number of fused-ring (bicyclic) bond motifs is 1. The Labute approximate surface area is 73.9 Å². The van der Waals surface area contributed by atoms with Gasteiger partial charge in [-0.05, 0) is 31.8 Å². The molecule has 0 aromatic heterocycles. The smallest absolute Gasteiger partial charge is 0.0624 e. The highest BCUT2D eigenvalue weighted by molar-refractivity contribution is 4.93. The largest absolute Gasteiger partial charge is 0.380 e. The summed E-state index contributed by atoms with van der Waals surface area (Å²) >= 11 is 0. The molecule has 3 unspecified atom stereocenters. The topological polar surface area (TPSA) is 38.5 Å². The van der Waals surface area contributed by atoms with E-state index in [4.69, 9.17) is 10.5 Å². The van der Waals surface area contributed by atoms with Gasteiger partial charge in [-0.15, -0.1) is 0 Å². The zero-order valence-corrected chi connectivity index (χ0v) is 7.70. The summed E-state index contributed by atoms with van der Waals surface area (Å²) in [5, 5.41) is 0. The minimum atomic E-state index is 0.646. The van der Waals surface area contributed by atoms with E-state index in [0.29, 0.717) is 12.0 Å². The first-order valence-electron chi connectivity index (χ1n) is 4.81. The Balaban J connectivity index is 2.05. The molecule has 0 aliphatic carbocycles. The molecular formula is C9H18N2O. The Kier molecular flexibility index (Phi) is 2.35. The van der Waals surface area contributed by atoms with Crippen LogP contribution in [-0.2, 0) is 4.74 Å². The molecule has 2 heterocycles. The molecule has 2 N–H and O–H groups in total. The van der Waals surface area contributed by atoms with E-state index in [1.165, 1.54) is 6.42 Å². The normalized spacial score (nSPS) is 43.0. The summed E-state index contributed by atoms with van der Waals surface area (Å²) in [6, 6.07) is 0.646. The number of rotatable bonds is 1. The number of likely N-dealkylation sites (N-methyl/N-ethyl adjacent to an activating group) is 1. The Hall–Kier alpha value is -0.120. The Bertz CT molecular complexity index is 163. The Morgan fingerprint density at radius 2 is 2.42 bits per heavy atom. The molecule has 3 heteroatoms. The molecule has 70 valence electrons. The predicted molar refractivity (Wildman–Crippen MR) is 47.9 cm³/mol. The Morgan fingerprint density at radius 1 is 1.58 bits per heavy atom. The fraction of sp³-hybridized carbons (Fsp3) is 1.00. The first kappa shape index (κ1) is 8.48. The molecule has 0 amide bonds. The van der Waals surface area contributed by atoms with Crippen molar-refractivity contribution >= 4 is 0 Å². The van der Waals surface area contributed by atoms with E-state index >= 15 is 0 Å². The molecule has 3 nitrogen and oxygen atoms in total. The second-order valence-electron chi connectivity index (χ2n) is 4.03. The molecule has 2 fully saturated rings. The average molecular weight is 170 g/mol. The predicted octanol–water partition coefficient (Wildman–Crippen LogP) is -0.0882. The maximum atomic E-state index is 5.74. The lowest BCUT2D eigenvalue weighted by Gasteiger charge is -2.30. The van der Waals surface area contributed by atoms with Gasteiger partial charge in [0.05, 0.1) is 6.61 Å². The van der Waals surface area contributed by atoms with Crippen LogP contribution in [0.2, 0.25) is 0 Å². The monoisotopic (exact) mass is 170 g/mol. The van der Waals surface area contributed by atoms with Gasteiger partial charge in [0.15, 0.2) is 0 Å². The fourth-order valence-corrected chi connectivity index (χ4v) is 2.63. The highest BCUT2D eigenvalue weighted by atomic mass is 16.5. The summed E-state index contributed by atoms with van der Waals surface area (Å²) in [5.74, 6) is 1.51. The first-order chi connectivity index (χ1) is 5.83. The van der Waals surface area contributed by atoms with Crippen molar-refractivity contribution in [2.45, 2.75) is 12.5 Å². The van der Waals surface area contributed by atoms with Crippen molar-refractivity contribution in [1.82, 2.24) is 4.90 Å². The maximum absolute atomic E-state index is 5.74. The lowest BCUT2D eigenvalue weighted by molar-refractivity contribution is 0.0182. The van der Waals surface area contributed by atoms with Crippen LogP contribution in [0.25, 0.3) is 0 Å². The number of ether oxygens (including phenoxy) is 1. The molecule has 0 radical (unpaired) electrons. The number of hydrogen-bond acceptors (Lipinski definition) is 3. The first-order valence-corrected chi connectivity index (χ1v) is 4.81. The lowest BCUT2D eigenvalue weighted by atomic mass is 9.87. The van der Waals surface area contributed by atoms with Crippen molar-refractivity contribution in [3.8, 4) is 0 Å². The van der Waals surface area contributed by atoms with Gasteiger partial charge in [-0.1, -0.05) is 0 Å². The van der Waals surface area contributed by atoms with E-state index in [2.05, 4.69) is 11.9 Å². The van der Waals surface area contributed by atoms with Gasteiger partial charge in [0, 0.05) is 19.2 Å². The Morgan fingerprint density at radius 3 is 3.17 bits per heavy atom. The van der Waals surface area contributed by atoms with Crippen molar-refractivity contribution in [2.24, 2.45) is 17.6 Å². The van der Waals surface area contributed by atoms with E-state index < -0.39 is 0 Å². The van der Waals surface area contributed by atoms with Gasteiger partial charge < -0.3 is 15.4 Å². The summed E-state index contributed by atoms with van der Waals surface area (Å²) in [7, 11) is 2.18. The number of likely N-dealkylation sites (tertiary alicyclic amines) is 1. The number of nitrogens with two attached hydrogens (primary N) is 1. The SMILES string of the molecule is CN1CC(CN)C2CCOCC21. The highest BCUT2D eigenvalue weighted by Gasteiger charge is 2.40. The van der Waals surface area contributed by atoms with E-state index in [1.54, 1.807) is 0 Å². The summed E-state index contributed by atoms with van der Waals surface area (Å²) in [6.45, 7) is 3.85. The van der Waals surface area contributed by atoms with Gasteiger partial charge in [-0.2, -0.15) is 0 Å². The third-order valence-corrected chi connectivity index (χ3v) is 3.38. The quantitative estimate of drug-likeness (QED) is 0.598. The van der Waals surface area contributed by atoms with Crippen LogP contribution < -0.4 is 5.73 Å². The molecule has 2 rings (SSSR count). The molecule has 2 aliphatic heterocycles. The average Bonchev–Trinajstić information content (AvgIpc) is 2.44. The molecule has 0 bridgehead atoms. The molecule has 3 atom stereocenters. The van der Waals surface area contributed by atoms with Crippen molar-refractivity contribution in [2.75, 3.05) is 33.4 Å². The minimum Gasteiger partial charge on any atom is -0.380 e. The lowest BCUT2D eigenvalue weighted by Crippen LogP contribution is -2.38. The summed E-state index contributed by atoms with van der Waals surface area (Å²) in [4.78, 5) is 2.40. The second kappa shape index (κ2) is 3.32. The van der Waals surface area contributed by atoms with Gasteiger partial charge in [0.1, 0.15) is 0 Å². The van der Waals surface area contributed by atoms with Crippen molar-refractivity contribution in [3.63, 3.8) is 0 Å². The van der Waals surface area contributed by atoms with Crippen molar-refractivity contribution in [3.05, 3.63) is 0 Å². The molecule has 0 spiro atoms. The molecular weight excluding hydrogens is 152 g/mol. The van der Waals surface area contributed by atoms with Gasteiger partial charge in [-0.3, -0.25) is 0 Å². The molecule has 0 aromatic rings. The van der Waals surface area contributed by atoms with E-state index in [0.717, 1.165) is 32.2 Å². The van der Waals surface area contributed by atoms with Crippen LogP contribution in [0, 0.1) is 11.8 Å². The summed E-state index contributed by atoms with van der Waals surface area (Å²) in [5.41, 5.74) is 5.74. The van der Waals surface area contributed by atoms with Crippen LogP contribution in [0.4, 0.5) is 0 Å². The third-order valence-electron chi connectivity index (χ3n) is 3.38. The van der Waals surface area contributed by atoms with Crippen LogP contribution in [0.15, 0.2) is 0 Å². The molecule has 2 saturated heterocycles.